The van der Waals surface area contributed by atoms with Crippen molar-refractivity contribution in [2.45, 2.75) is 25.6 Å². The van der Waals surface area contributed by atoms with Gasteiger partial charge in [-0.2, -0.15) is 0 Å². The highest BCUT2D eigenvalue weighted by Crippen LogP contribution is 2.39. The summed E-state index contributed by atoms with van der Waals surface area (Å²) in [6.45, 7) is 2.47. The fourth-order valence-corrected chi connectivity index (χ4v) is 4.27. The van der Waals surface area contributed by atoms with Gasteiger partial charge in [0.05, 0.1) is 32.9 Å². The molecule has 2 aromatic carbocycles. The number of fused-ring (bicyclic) bond motifs is 1. The Morgan fingerprint density at radius 1 is 0.933 bits per heavy atom. The number of aryl methyl sites for hydroxylation is 1. The van der Waals surface area contributed by atoms with Crippen LogP contribution in [0, 0.1) is 5.82 Å². The van der Waals surface area contributed by atoms with E-state index in [4.69, 9.17) is 14.2 Å². The molecule has 0 saturated carbocycles. The Morgan fingerprint density at radius 3 is 2.27 bits per heavy atom. The first-order valence-corrected chi connectivity index (χ1v) is 10.1. The first-order chi connectivity index (χ1) is 14.6. The third kappa shape index (κ3) is 3.87. The summed E-state index contributed by atoms with van der Waals surface area (Å²) in [7, 11) is 4.94. The molecule has 1 aliphatic rings. The van der Waals surface area contributed by atoms with Gasteiger partial charge >= 0.3 is 0 Å². The smallest absolute Gasteiger partial charge is 0.130 e. The molecule has 0 radical (unpaired) electrons. The highest BCUT2D eigenvalue weighted by Gasteiger charge is 2.29. The van der Waals surface area contributed by atoms with Gasteiger partial charge in [-0.05, 0) is 36.2 Å². The molecule has 0 saturated heterocycles. The number of benzene rings is 2. The van der Waals surface area contributed by atoms with Gasteiger partial charge in [-0.25, -0.2) is 4.39 Å². The summed E-state index contributed by atoms with van der Waals surface area (Å²) in [5.41, 5.74) is 3.23. The number of nitrogens with zero attached hydrogens (tertiary/aromatic N) is 2. The van der Waals surface area contributed by atoms with Gasteiger partial charge in [0.15, 0.2) is 0 Å². The van der Waals surface area contributed by atoms with Crippen molar-refractivity contribution in [3.8, 4) is 17.2 Å². The summed E-state index contributed by atoms with van der Waals surface area (Å²) < 4.78 is 32.6. The maximum Gasteiger partial charge on any atom is 0.130 e. The van der Waals surface area contributed by atoms with Crippen molar-refractivity contribution < 1.29 is 18.6 Å². The largest absolute Gasteiger partial charge is 0.496 e. The van der Waals surface area contributed by atoms with Crippen LogP contribution in [0.2, 0.25) is 0 Å². The topological polar surface area (TPSA) is 35.9 Å². The maximum absolute atomic E-state index is 13.6. The zero-order valence-electron chi connectivity index (χ0n) is 17.6. The molecule has 2 heterocycles. The second kappa shape index (κ2) is 8.79. The van der Waals surface area contributed by atoms with Crippen LogP contribution in [-0.2, 0) is 13.1 Å². The quantitative estimate of drug-likeness (QED) is 0.593. The van der Waals surface area contributed by atoms with Crippen molar-refractivity contribution >= 4 is 0 Å². The predicted octanol–water partition coefficient (Wildman–Crippen LogP) is 4.65. The lowest BCUT2D eigenvalue weighted by atomic mass is 10.0. The van der Waals surface area contributed by atoms with Crippen LogP contribution in [0.4, 0.5) is 4.39 Å². The van der Waals surface area contributed by atoms with Crippen molar-refractivity contribution in [2.75, 3.05) is 27.9 Å². The monoisotopic (exact) mass is 410 g/mol. The number of aromatic nitrogens is 1. The number of rotatable bonds is 6. The minimum atomic E-state index is -0.229. The summed E-state index contributed by atoms with van der Waals surface area (Å²) in [5.74, 6) is 1.91. The first kappa shape index (κ1) is 20.3. The lowest BCUT2D eigenvalue weighted by Gasteiger charge is -2.31. The van der Waals surface area contributed by atoms with E-state index in [1.165, 1.54) is 17.8 Å². The van der Waals surface area contributed by atoms with Gasteiger partial charge in [-0.1, -0.05) is 12.1 Å². The molecule has 0 amide bonds. The van der Waals surface area contributed by atoms with E-state index in [9.17, 15) is 4.39 Å². The molecule has 30 heavy (non-hydrogen) atoms. The van der Waals surface area contributed by atoms with Crippen LogP contribution in [0.15, 0.2) is 54.7 Å². The molecular weight excluding hydrogens is 383 g/mol. The van der Waals surface area contributed by atoms with Gasteiger partial charge in [0.25, 0.3) is 0 Å². The Labute approximate surface area is 176 Å². The van der Waals surface area contributed by atoms with Gasteiger partial charge in [0.1, 0.15) is 23.1 Å². The van der Waals surface area contributed by atoms with Crippen LogP contribution in [-0.4, -0.2) is 37.3 Å². The number of hydrogen-bond acceptors (Lipinski definition) is 4. The molecule has 0 N–H and O–H groups in total. The minimum Gasteiger partial charge on any atom is -0.496 e. The normalized spacial score (nSPS) is 16.6. The zero-order valence-corrected chi connectivity index (χ0v) is 17.6. The van der Waals surface area contributed by atoms with E-state index < -0.39 is 0 Å². The second-order valence-corrected chi connectivity index (χ2v) is 7.42. The molecule has 0 bridgehead atoms. The fourth-order valence-electron chi connectivity index (χ4n) is 4.27. The Hall–Kier alpha value is -2.99. The highest BCUT2D eigenvalue weighted by atomic mass is 19.1. The lowest BCUT2D eigenvalue weighted by Crippen LogP contribution is -2.30. The van der Waals surface area contributed by atoms with E-state index in [0.29, 0.717) is 12.3 Å². The summed E-state index contributed by atoms with van der Waals surface area (Å²) in [6.07, 6.45) is 3.13. The molecule has 1 atom stereocenters. The molecule has 5 nitrogen and oxygen atoms in total. The summed E-state index contributed by atoms with van der Waals surface area (Å²) in [6, 6.07) is 14.8. The minimum absolute atomic E-state index is 0.000357. The summed E-state index contributed by atoms with van der Waals surface area (Å²) in [5, 5.41) is 0. The fraction of sp³-hybridized carbons (Fsp3) is 0.333. The predicted molar refractivity (Wildman–Crippen MR) is 114 cm³/mol. The Balaban J connectivity index is 1.78. The molecule has 3 aromatic rings. The highest BCUT2D eigenvalue weighted by molar-refractivity contribution is 5.51. The average molecular weight is 410 g/mol. The number of methoxy groups -OCH3 is 3. The summed E-state index contributed by atoms with van der Waals surface area (Å²) in [4.78, 5) is 2.40. The second-order valence-electron chi connectivity index (χ2n) is 7.42. The van der Waals surface area contributed by atoms with Crippen molar-refractivity contribution in [2.24, 2.45) is 0 Å². The third-order valence-corrected chi connectivity index (χ3v) is 5.72. The lowest BCUT2D eigenvalue weighted by molar-refractivity contribution is 0.213. The van der Waals surface area contributed by atoms with E-state index in [2.05, 4.69) is 27.8 Å². The van der Waals surface area contributed by atoms with Gasteiger partial charge < -0.3 is 18.8 Å². The Morgan fingerprint density at radius 2 is 1.63 bits per heavy atom. The van der Waals surface area contributed by atoms with Crippen LogP contribution in [0.3, 0.4) is 0 Å². The maximum atomic E-state index is 13.6. The Bertz CT molecular complexity index is 975. The number of hydrogen-bond donors (Lipinski definition) is 0. The van der Waals surface area contributed by atoms with Crippen LogP contribution < -0.4 is 14.2 Å². The van der Waals surface area contributed by atoms with E-state index in [1.54, 1.807) is 21.3 Å². The van der Waals surface area contributed by atoms with Crippen molar-refractivity contribution in [3.63, 3.8) is 0 Å². The number of halogens is 1. The van der Waals surface area contributed by atoms with Crippen LogP contribution in [0.25, 0.3) is 0 Å². The first-order valence-electron chi connectivity index (χ1n) is 10.1. The standard InChI is InChI=1S/C24H27FN2O3/c1-28-19-14-22(29-2)20(23(15-19)30-3)16-27-13-5-12-26-11-4-6-21(26)24(27)17-7-9-18(25)10-8-17/h4,6-11,14-15,24H,5,12-13,16H2,1-3H3. The molecule has 4 rings (SSSR count). The van der Waals surface area contributed by atoms with E-state index in [1.807, 2.05) is 24.3 Å². The molecule has 0 spiro atoms. The van der Waals surface area contributed by atoms with E-state index in [0.717, 1.165) is 42.1 Å². The molecule has 158 valence electrons. The molecule has 1 aromatic heterocycles. The van der Waals surface area contributed by atoms with Crippen LogP contribution >= 0.6 is 0 Å². The van der Waals surface area contributed by atoms with E-state index >= 15 is 0 Å². The Kier molecular flexibility index (Phi) is 5.95. The van der Waals surface area contributed by atoms with Gasteiger partial charge in [0, 0.05) is 43.7 Å². The molecular formula is C24H27FN2O3. The zero-order chi connectivity index (χ0) is 21.1. The molecule has 6 heteroatoms. The third-order valence-electron chi connectivity index (χ3n) is 5.72. The molecule has 0 aliphatic carbocycles. The van der Waals surface area contributed by atoms with Crippen molar-refractivity contribution in [3.05, 3.63) is 77.4 Å². The number of ether oxygens (including phenoxy) is 3. The average Bonchev–Trinajstić information content (AvgIpc) is 3.16. The van der Waals surface area contributed by atoms with Gasteiger partial charge in [-0.15, -0.1) is 0 Å². The van der Waals surface area contributed by atoms with E-state index in [-0.39, 0.29) is 11.9 Å². The van der Waals surface area contributed by atoms with Crippen molar-refractivity contribution in [1.29, 1.82) is 0 Å². The van der Waals surface area contributed by atoms with Crippen molar-refractivity contribution in [1.82, 2.24) is 9.47 Å². The van der Waals surface area contributed by atoms with Gasteiger partial charge in [-0.3, -0.25) is 4.90 Å². The summed E-state index contributed by atoms with van der Waals surface area (Å²) >= 11 is 0. The SMILES string of the molecule is COc1cc(OC)c(CN2CCCn3cccc3C2c2ccc(F)cc2)c(OC)c1. The molecule has 1 unspecified atom stereocenters. The van der Waals surface area contributed by atoms with Gasteiger partial charge in [0.2, 0.25) is 0 Å². The molecule has 1 aliphatic heterocycles. The molecule has 0 fully saturated rings. The van der Waals surface area contributed by atoms with Crippen LogP contribution in [0.1, 0.15) is 29.3 Å². The van der Waals surface area contributed by atoms with Crippen LogP contribution in [0.5, 0.6) is 17.2 Å².